The third kappa shape index (κ3) is 2.14. The first-order valence-corrected chi connectivity index (χ1v) is 6.92. The van der Waals surface area contributed by atoms with Crippen LogP contribution in [0.2, 0.25) is 0 Å². The van der Waals surface area contributed by atoms with E-state index in [1.165, 1.54) is 0 Å². The molecule has 0 aliphatic heterocycles. The molecule has 96 valence electrons. The molecule has 0 spiro atoms. The molecule has 1 N–H and O–H groups in total. The average molecular weight is 317 g/mol. The van der Waals surface area contributed by atoms with Crippen LogP contribution in [0.15, 0.2) is 35.1 Å². The van der Waals surface area contributed by atoms with E-state index in [0.717, 1.165) is 26.9 Å². The van der Waals surface area contributed by atoms with Gasteiger partial charge in [0.05, 0.1) is 11.1 Å². The second-order valence-electron chi connectivity index (χ2n) is 4.66. The van der Waals surface area contributed by atoms with E-state index in [4.69, 9.17) is 0 Å². The molecular weight excluding hydrogens is 304 g/mol. The summed E-state index contributed by atoms with van der Waals surface area (Å²) in [4.78, 5) is 16.7. The summed E-state index contributed by atoms with van der Waals surface area (Å²) >= 11 is 3.54. The highest BCUT2D eigenvalue weighted by molar-refractivity contribution is 9.10. The number of pyridine rings is 1. The van der Waals surface area contributed by atoms with Crippen molar-refractivity contribution in [2.45, 2.75) is 19.8 Å². The van der Waals surface area contributed by atoms with Crippen LogP contribution in [0.1, 0.15) is 25.5 Å². The summed E-state index contributed by atoms with van der Waals surface area (Å²) in [6.07, 6.45) is 3.65. The van der Waals surface area contributed by atoms with Crippen molar-refractivity contribution in [3.8, 4) is 11.5 Å². The van der Waals surface area contributed by atoms with E-state index in [0.29, 0.717) is 11.7 Å². The molecule has 3 heterocycles. The van der Waals surface area contributed by atoms with Crippen LogP contribution in [0.3, 0.4) is 0 Å². The summed E-state index contributed by atoms with van der Waals surface area (Å²) in [6, 6.07) is 5.75. The van der Waals surface area contributed by atoms with Crippen LogP contribution in [-0.2, 0) is 0 Å². The quantitative estimate of drug-likeness (QED) is 0.780. The minimum Gasteiger partial charge on any atom is -0.345 e. The Balaban J connectivity index is 2.29. The van der Waals surface area contributed by atoms with Gasteiger partial charge in [-0.05, 0) is 34.0 Å². The Morgan fingerprint density at radius 1 is 1.21 bits per heavy atom. The minimum atomic E-state index is 0.320. The number of rotatable bonds is 2. The molecule has 0 aliphatic rings. The molecule has 0 atom stereocenters. The molecule has 0 aliphatic carbocycles. The fourth-order valence-corrected chi connectivity index (χ4v) is 2.55. The zero-order valence-electron chi connectivity index (χ0n) is 10.7. The van der Waals surface area contributed by atoms with Gasteiger partial charge in [0, 0.05) is 16.9 Å². The van der Waals surface area contributed by atoms with Crippen LogP contribution >= 0.6 is 15.9 Å². The van der Waals surface area contributed by atoms with Crippen molar-refractivity contribution in [2.75, 3.05) is 0 Å². The van der Waals surface area contributed by atoms with Gasteiger partial charge in [-0.1, -0.05) is 19.9 Å². The van der Waals surface area contributed by atoms with Gasteiger partial charge < -0.3 is 4.98 Å². The fourth-order valence-electron chi connectivity index (χ4n) is 2.05. The van der Waals surface area contributed by atoms with Gasteiger partial charge >= 0.3 is 0 Å². The van der Waals surface area contributed by atoms with Gasteiger partial charge in [0.15, 0.2) is 5.82 Å². The lowest BCUT2D eigenvalue weighted by atomic mass is 10.1. The normalized spacial score (nSPS) is 11.4. The number of aromatic nitrogens is 4. The van der Waals surface area contributed by atoms with Gasteiger partial charge in [-0.25, -0.2) is 9.97 Å². The lowest BCUT2D eigenvalue weighted by Crippen LogP contribution is -2.00. The number of H-pyrrole nitrogens is 1. The zero-order chi connectivity index (χ0) is 13.4. The predicted octanol–water partition coefficient (Wildman–Crippen LogP) is 3.91. The van der Waals surface area contributed by atoms with Crippen LogP contribution in [0.5, 0.6) is 0 Å². The predicted molar refractivity (Wildman–Crippen MR) is 78.9 cm³/mol. The third-order valence-electron chi connectivity index (χ3n) is 2.95. The Morgan fingerprint density at radius 3 is 2.74 bits per heavy atom. The Bertz CT molecular complexity index is 719. The van der Waals surface area contributed by atoms with Crippen molar-refractivity contribution < 1.29 is 0 Å². The Morgan fingerprint density at radius 2 is 2.05 bits per heavy atom. The molecule has 4 nitrogen and oxygen atoms in total. The van der Waals surface area contributed by atoms with E-state index >= 15 is 0 Å². The van der Waals surface area contributed by atoms with Crippen molar-refractivity contribution in [3.05, 3.63) is 40.8 Å². The maximum Gasteiger partial charge on any atom is 0.180 e. The summed E-state index contributed by atoms with van der Waals surface area (Å²) in [5, 5.41) is 1.05. The standard InChI is InChI=1S/C14H13BrN4/c1-8(2)12-11-9(15)7-17-14(11)19-13(18-12)10-5-3-4-6-16-10/h3-8H,1-2H3,(H,17,18,19). The molecular formula is C14H13BrN4. The largest absolute Gasteiger partial charge is 0.345 e. The molecule has 0 radical (unpaired) electrons. The summed E-state index contributed by atoms with van der Waals surface area (Å²) in [6.45, 7) is 4.26. The van der Waals surface area contributed by atoms with Gasteiger partial charge in [-0.3, -0.25) is 4.98 Å². The van der Waals surface area contributed by atoms with E-state index in [9.17, 15) is 0 Å². The molecule has 0 unspecified atom stereocenters. The summed E-state index contributed by atoms with van der Waals surface area (Å²) in [5.41, 5.74) is 2.65. The number of hydrogen-bond acceptors (Lipinski definition) is 3. The molecule has 5 heteroatoms. The summed E-state index contributed by atoms with van der Waals surface area (Å²) in [5.74, 6) is 0.978. The van der Waals surface area contributed by atoms with Crippen molar-refractivity contribution in [3.63, 3.8) is 0 Å². The SMILES string of the molecule is CC(C)c1nc(-c2ccccn2)nc2[nH]cc(Br)c12. The van der Waals surface area contributed by atoms with Gasteiger partial charge in [-0.2, -0.15) is 0 Å². The molecule has 0 saturated carbocycles. The Labute approximate surface area is 119 Å². The number of nitrogens with one attached hydrogen (secondary N) is 1. The van der Waals surface area contributed by atoms with Gasteiger partial charge in [0.2, 0.25) is 0 Å². The topological polar surface area (TPSA) is 54.5 Å². The molecule has 3 aromatic heterocycles. The van der Waals surface area contributed by atoms with Crippen molar-refractivity contribution >= 4 is 27.0 Å². The second kappa shape index (κ2) is 4.74. The Hall–Kier alpha value is -1.75. The number of aromatic amines is 1. The summed E-state index contributed by atoms with van der Waals surface area (Å²) < 4.78 is 0.999. The van der Waals surface area contributed by atoms with Crippen molar-refractivity contribution in [1.82, 2.24) is 19.9 Å². The molecule has 0 saturated heterocycles. The highest BCUT2D eigenvalue weighted by Crippen LogP contribution is 2.30. The van der Waals surface area contributed by atoms with E-state index in [-0.39, 0.29) is 0 Å². The lowest BCUT2D eigenvalue weighted by molar-refractivity contribution is 0.829. The van der Waals surface area contributed by atoms with Crippen molar-refractivity contribution in [2.24, 2.45) is 0 Å². The summed E-state index contributed by atoms with van der Waals surface area (Å²) in [7, 11) is 0. The van der Waals surface area contributed by atoms with Crippen molar-refractivity contribution in [1.29, 1.82) is 0 Å². The number of halogens is 1. The highest BCUT2D eigenvalue weighted by atomic mass is 79.9. The van der Waals surface area contributed by atoms with Gasteiger partial charge in [-0.15, -0.1) is 0 Å². The first kappa shape index (κ1) is 12.3. The van der Waals surface area contributed by atoms with E-state index in [2.05, 4.69) is 49.7 Å². The van der Waals surface area contributed by atoms with E-state index in [1.54, 1.807) is 6.20 Å². The van der Waals surface area contributed by atoms with Gasteiger partial charge in [0.25, 0.3) is 0 Å². The Kier molecular flexibility index (Phi) is 3.06. The molecule has 0 bridgehead atoms. The maximum atomic E-state index is 4.68. The van der Waals surface area contributed by atoms with E-state index < -0.39 is 0 Å². The van der Waals surface area contributed by atoms with Crippen LogP contribution in [0.25, 0.3) is 22.6 Å². The molecule has 0 amide bonds. The minimum absolute atomic E-state index is 0.320. The third-order valence-corrected chi connectivity index (χ3v) is 3.58. The number of fused-ring (bicyclic) bond motifs is 1. The van der Waals surface area contributed by atoms with Crippen LogP contribution in [0.4, 0.5) is 0 Å². The van der Waals surface area contributed by atoms with Crippen LogP contribution in [-0.4, -0.2) is 19.9 Å². The number of hydrogen-bond donors (Lipinski definition) is 1. The molecule has 3 rings (SSSR count). The smallest absolute Gasteiger partial charge is 0.180 e. The first-order valence-electron chi connectivity index (χ1n) is 6.12. The monoisotopic (exact) mass is 316 g/mol. The second-order valence-corrected chi connectivity index (χ2v) is 5.52. The zero-order valence-corrected chi connectivity index (χ0v) is 12.3. The fraction of sp³-hybridized carbons (Fsp3) is 0.214. The van der Waals surface area contributed by atoms with Crippen LogP contribution < -0.4 is 0 Å². The molecule has 0 fully saturated rings. The van der Waals surface area contributed by atoms with Gasteiger partial charge in [0.1, 0.15) is 11.3 Å². The molecule has 3 aromatic rings. The maximum absolute atomic E-state index is 4.68. The highest BCUT2D eigenvalue weighted by Gasteiger charge is 2.16. The molecule has 0 aromatic carbocycles. The molecule has 19 heavy (non-hydrogen) atoms. The number of nitrogens with zero attached hydrogens (tertiary/aromatic N) is 3. The first-order chi connectivity index (χ1) is 9.16. The lowest BCUT2D eigenvalue weighted by Gasteiger charge is -2.09. The van der Waals surface area contributed by atoms with E-state index in [1.807, 2.05) is 24.4 Å². The van der Waals surface area contributed by atoms with Crippen LogP contribution in [0, 0.1) is 0 Å². The average Bonchev–Trinajstić information content (AvgIpc) is 2.80.